The molecule has 1 aromatic heterocycles. The Morgan fingerprint density at radius 1 is 1.34 bits per heavy atom. The first kappa shape index (κ1) is 18.3. The summed E-state index contributed by atoms with van der Waals surface area (Å²) >= 11 is 0. The minimum Gasteiger partial charge on any atom is -0.444 e. The summed E-state index contributed by atoms with van der Waals surface area (Å²) in [4.78, 5) is 32.1. The molecule has 2 aromatic rings. The van der Waals surface area contributed by atoms with Gasteiger partial charge >= 0.3 is 0 Å². The molecule has 4 atom stereocenters. The van der Waals surface area contributed by atoms with Crippen molar-refractivity contribution in [2.75, 3.05) is 19.6 Å². The quantitative estimate of drug-likeness (QED) is 0.751. The van der Waals surface area contributed by atoms with Gasteiger partial charge in [-0.25, -0.2) is 4.98 Å². The van der Waals surface area contributed by atoms with E-state index < -0.39 is 17.4 Å². The van der Waals surface area contributed by atoms with E-state index in [4.69, 9.17) is 14.9 Å². The van der Waals surface area contributed by atoms with E-state index in [0.29, 0.717) is 31.2 Å². The van der Waals surface area contributed by atoms with Crippen LogP contribution in [0.3, 0.4) is 0 Å². The van der Waals surface area contributed by atoms with Gasteiger partial charge in [0.15, 0.2) is 0 Å². The number of hydrogen-bond donors (Lipinski definition) is 2. The van der Waals surface area contributed by atoms with Crippen LogP contribution in [0, 0.1) is 11.8 Å². The zero-order valence-corrected chi connectivity index (χ0v) is 16.0. The number of rotatable bonds is 6. The molecule has 8 heteroatoms. The zero-order chi connectivity index (χ0) is 20.0. The SMILES string of the molecule is NCCN1C[C@]23CC[C@H](O2)[C@H](C(=O)NCc2coc(-c4ccccc4)n2)[C@@H]3C1=O. The molecule has 1 aromatic carbocycles. The Labute approximate surface area is 168 Å². The molecule has 3 fully saturated rings. The van der Waals surface area contributed by atoms with Crippen molar-refractivity contribution < 1.29 is 18.7 Å². The molecule has 8 nitrogen and oxygen atoms in total. The standard InChI is InChI=1S/C21H24N4O4/c22-8-9-25-12-21-7-6-15(29-21)16(17(21)20(25)27)18(26)23-10-14-11-28-19(24-14)13-4-2-1-3-5-13/h1-5,11,15-17H,6-10,12,22H2,(H,23,26)/t15-,16-,17+,21-/m0/s1. The van der Waals surface area contributed by atoms with Crippen LogP contribution in [0.2, 0.25) is 0 Å². The maximum atomic E-state index is 13.0. The third-order valence-corrected chi connectivity index (χ3v) is 6.32. The van der Waals surface area contributed by atoms with Gasteiger partial charge in [0.05, 0.1) is 42.3 Å². The van der Waals surface area contributed by atoms with Gasteiger partial charge in [-0.05, 0) is 25.0 Å². The van der Waals surface area contributed by atoms with Crippen LogP contribution < -0.4 is 11.1 Å². The number of fused-ring (bicyclic) bond motifs is 1. The number of aromatic nitrogens is 1. The second-order valence-electron chi connectivity index (χ2n) is 8.04. The van der Waals surface area contributed by atoms with Crippen LogP contribution in [0.5, 0.6) is 0 Å². The Bertz CT molecular complexity index is 930. The Kier molecular flexibility index (Phi) is 4.40. The molecule has 0 saturated carbocycles. The Morgan fingerprint density at radius 3 is 2.97 bits per heavy atom. The van der Waals surface area contributed by atoms with E-state index in [9.17, 15) is 9.59 Å². The molecule has 2 amide bonds. The van der Waals surface area contributed by atoms with Crippen molar-refractivity contribution in [2.24, 2.45) is 17.6 Å². The number of nitrogens with zero attached hydrogens (tertiary/aromatic N) is 2. The molecule has 3 aliphatic rings. The molecule has 3 aliphatic heterocycles. The van der Waals surface area contributed by atoms with Crippen molar-refractivity contribution in [3.8, 4) is 11.5 Å². The predicted octanol–water partition coefficient (Wildman–Crippen LogP) is 0.922. The fourth-order valence-electron chi connectivity index (χ4n) is 5.08. The maximum absolute atomic E-state index is 13.0. The molecule has 0 unspecified atom stereocenters. The highest BCUT2D eigenvalue weighted by Crippen LogP contribution is 2.55. The lowest BCUT2D eigenvalue weighted by Gasteiger charge is -2.26. The molecule has 29 heavy (non-hydrogen) atoms. The van der Waals surface area contributed by atoms with E-state index in [2.05, 4.69) is 10.3 Å². The molecular formula is C21H24N4O4. The molecular weight excluding hydrogens is 372 g/mol. The van der Waals surface area contributed by atoms with E-state index in [-0.39, 0.29) is 24.5 Å². The third kappa shape index (κ3) is 2.94. The van der Waals surface area contributed by atoms with Crippen molar-refractivity contribution in [3.63, 3.8) is 0 Å². The van der Waals surface area contributed by atoms with Crippen LogP contribution in [0.25, 0.3) is 11.5 Å². The number of oxazole rings is 1. The number of likely N-dealkylation sites (tertiary alicyclic amines) is 1. The van der Waals surface area contributed by atoms with Crippen molar-refractivity contribution in [1.82, 2.24) is 15.2 Å². The number of nitrogens with two attached hydrogens (primary N) is 1. The maximum Gasteiger partial charge on any atom is 0.229 e. The van der Waals surface area contributed by atoms with Crippen LogP contribution in [-0.2, 0) is 20.9 Å². The summed E-state index contributed by atoms with van der Waals surface area (Å²) in [6, 6.07) is 9.59. The minimum absolute atomic E-state index is 0.00870. The summed E-state index contributed by atoms with van der Waals surface area (Å²) in [7, 11) is 0. The van der Waals surface area contributed by atoms with Crippen LogP contribution >= 0.6 is 0 Å². The van der Waals surface area contributed by atoms with E-state index in [1.54, 1.807) is 11.2 Å². The van der Waals surface area contributed by atoms with Crippen LogP contribution in [0.1, 0.15) is 18.5 Å². The molecule has 0 radical (unpaired) electrons. The largest absolute Gasteiger partial charge is 0.444 e. The number of nitrogens with one attached hydrogen (secondary N) is 1. The molecule has 3 saturated heterocycles. The summed E-state index contributed by atoms with van der Waals surface area (Å²) in [5, 5.41) is 2.93. The summed E-state index contributed by atoms with van der Waals surface area (Å²) in [5.74, 6) is -0.524. The average molecular weight is 396 g/mol. The van der Waals surface area contributed by atoms with E-state index in [1.165, 1.54) is 0 Å². The van der Waals surface area contributed by atoms with Crippen molar-refractivity contribution in [2.45, 2.75) is 31.1 Å². The Hall–Kier alpha value is -2.71. The fraction of sp³-hybridized carbons (Fsp3) is 0.476. The fourth-order valence-corrected chi connectivity index (χ4v) is 5.08. The lowest BCUT2D eigenvalue weighted by atomic mass is 9.73. The van der Waals surface area contributed by atoms with Crippen LogP contribution in [0.4, 0.5) is 0 Å². The van der Waals surface area contributed by atoms with Gasteiger partial charge < -0.3 is 25.1 Å². The number of carbonyl (C=O) groups excluding carboxylic acids is 2. The Balaban J connectivity index is 1.27. The molecule has 2 bridgehead atoms. The normalized spacial score (nSPS) is 30.0. The van der Waals surface area contributed by atoms with Gasteiger partial charge in [0, 0.05) is 18.7 Å². The van der Waals surface area contributed by atoms with Gasteiger partial charge in [0.2, 0.25) is 17.7 Å². The Morgan fingerprint density at radius 2 is 2.17 bits per heavy atom. The predicted molar refractivity (Wildman–Crippen MR) is 103 cm³/mol. The monoisotopic (exact) mass is 396 g/mol. The topological polar surface area (TPSA) is 111 Å². The first-order valence-electron chi connectivity index (χ1n) is 10.1. The van der Waals surface area contributed by atoms with Crippen LogP contribution in [0.15, 0.2) is 41.0 Å². The number of benzene rings is 1. The van der Waals surface area contributed by atoms with Gasteiger partial charge in [-0.1, -0.05) is 18.2 Å². The van der Waals surface area contributed by atoms with Crippen molar-refractivity contribution >= 4 is 11.8 Å². The first-order valence-corrected chi connectivity index (χ1v) is 10.1. The second kappa shape index (κ2) is 6.96. The van der Waals surface area contributed by atoms with Crippen molar-refractivity contribution in [1.29, 1.82) is 0 Å². The molecule has 152 valence electrons. The zero-order valence-electron chi connectivity index (χ0n) is 16.0. The number of carbonyl (C=O) groups is 2. The van der Waals surface area contributed by atoms with E-state index in [0.717, 1.165) is 18.4 Å². The van der Waals surface area contributed by atoms with Gasteiger partial charge in [-0.3, -0.25) is 9.59 Å². The van der Waals surface area contributed by atoms with E-state index in [1.807, 2.05) is 30.3 Å². The molecule has 1 spiro atoms. The molecule has 3 N–H and O–H groups in total. The molecule has 0 aliphatic carbocycles. The van der Waals surface area contributed by atoms with E-state index >= 15 is 0 Å². The molecule has 5 rings (SSSR count). The first-order chi connectivity index (χ1) is 14.1. The van der Waals surface area contributed by atoms with Gasteiger partial charge in [0.1, 0.15) is 6.26 Å². The third-order valence-electron chi connectivity index (χ3n) is 6.32. The lowest BCUT2D eigenvalue weighted by molar-refractivity contribution is -0.138. The van der Waals surface area contributed by atoms with Gasteiger partial charge in [-0.2, -0.15) is 0 Å². The summed E-state index contributed by atoms with van der Waals surface area (Å²) < 4.78 is 11.7. The number of amides is 2. The highest BCUT2D eigenvalue weighted by molar-refractivity contribution is 5.92. The van der Waals surface area contributed by atoms with Gasteiger partial charge in [-0.15, -0.1) is 0 Å². The highest BCUT2D eigenvalue weighted by atomic mass is 16.5. The number of ether oxygens (including phenoxy) is 1. The number of hydrogen-bond acceptors (Lipinski definition) is 6. The van der Waals surface area contributed by atoms with Gasteiger partial charge in [0.25, 0.3) is 0 Å². The average Bonchev–Trinajstić information content (AvgIpc) is 3.49. The summed E-state index contributed by atoms with van der Waals surface area (Å²) in [5.41, 5.74) is 6.63. The van der Waals surface area contributed by atoms with Crippen molar-refractivity contribution in [3.05, 3.63) is 42.3 Å². The summed E-state index contributed by atoms with van der Waals surface area (Å²) in [6.45, 7) is 1.70. The molecule has 4 heterocycles. The second-order valence-corrected chi connectivity index (χ2v) is 8.04. The summed E-state index contributed by atoms with van der Waals surface area (Å²) in [6.07, 6.45) is 2.98. The lowest BCUT2D eigenvalue weighted by Crippen LogP contribution is -2.45. The van der Waals surface area contributed by atoms with Crippen LogP contribution in [-0.4, -0.2) is 53.0 Å². The minimum atomic E-state index is -0.521. The highest BCUT2D eigenvalue weighted by Gasteiger charge is 2.68. The smallest absolute Gasteiger partial charge is 0.229 e.